The van der Waals surface area contributed by atoms with Crippen molar-refractivity contribution in [2.45, 2.75) is 19.4 Å². The number of carbonyl (C=O) groups excluding carboxylic acids is 1. The SMILES string of the molecule is O=C(c1cncc(NCc2csc(-c3cnccn3)n2)n1)N1CCCC1. The molecular weight excluding hydrogens is 350 g/mol. The Hall–Kier alpha value is -2.94. The van der Waals surface area contributed by atoms with E-state index in [0.29, 0.717) is 18.1 Å². The highest BCUT2D eigenvalue weighted by molar-refractivity contribution is 7.13. The van der Waals surface area contributed by atoms with Gasteiger partial charge in [-0.1, -0.05) is 0 Å². The minimum Gasteiger partial charge on any atom is -0.363 e. The Balaban J connectivity index is 1.41. The van der Waals surface area contributed by atoms with Crippen LogP contribution in [0.4, 0.5) is 5.82 Å². The molecule has 4 heterocycles. The van der Waals surface area contributed by atoms with Crippen LogP contribution in [-0.4, -0.2) is 48.8 Å². The summed E-state index contributed by atoms with van der Waals surface area (Å²) in [6, 6.07) is 0. The van der Waals surface area contributed by atoms with Crippen molar-refractivity contribution < 1.29 is 4.79 Å². The number of anilines is 1. The molecule has 4 rings (SSSR count). The quantitative estimate of drug-likeness (QED) is 0.738. The second-order valence-corrected chi connectivity index (χ2v) is 6.74. The molecule has 26 heavy (non-hydrogen) atoms. The molecule has 1 aliphatic rings. The normalized spacial score (nSPS) is 13.8. The molecule has 3 aromatic rings. The Morgan fingerprint density at radius 3 is 2.81 bits per heavy atom. The van der Waals surface area contributed by atoms with Gasteiger partial charge in [0.15, 0.2) is 0 Å². The summed E-state index contributed by atoms with van der Waals surface area (Å²) < 4.78 is 0. The van der Waals surface area contributed by atoms with E-state index in [1.165, 1.54) is 17.5 Å². The number of rotatable bonds is 5. The molecule has 3 aromatic heterocycles. The number of likely N-dealkylation sites (tertiary alicyclic amines) is 1. The lowest BCUT2D eigenvalue weighted by atomic mass is 10.4. The van der Waals surface area contributed by atoms with Crippen molar-refractivity contribution in [1.29, 1.82) is 0 Å². The van der Waals surface area contributed by atoms with Crippen molar-refractivity contribution in [1.82, 2.24) is 29.8 Å². The first-order valence-electron chi connectivity index (χ1n) is 8.35. The largest absolute Gasteiger partial charge is 0.363 e. The third kappa shape index (κ3) is 3.67. The lowest BCUT2D eigenvalue weighted by molar-refractivity contribution is 0.0786. The molecule has 1 amide bonds. The first kappa shape index (κ1) is 16.5. The maximum absolute atomic E-state index is 12.4. The van der Waals surface area contributed by atoms with Crippen LogP contribution >= 0.6 is 11.3 Å². The Kier molecular flexibility index (Phi) is 4.78. The molecule has 0 aliphatic carbocycles. The third-order valence-electron chi connectivity index (χ3n) is 4.03. The van der Waals surface area contributed by atoms with Crippen molar-refractivity contribution >= 4 is 23.1 Å². The zero-order valence-electron chi connectivity index (χ0n) is 14.0. The molecule has 1 saturated heterocycles. The van der Waals surface area contributed by atoms with Crippen molar-refractivity contribution in [3.63, 3.8) is 0 Å². The lowest BCUT2D eigenvalue weighted by Gasteiger charge is -2.14. The van der Waals surface area contributed by atoms with E-state index in [9.17, 15) is 4.79 Å². The van der Waals surface area contributed by atoms with Gasteiger partial charge in [-0.3, -0.25) is 19.7 Å². The summed E-state index contributed by atoms with van der Waals surface area (Å²) in [6.45, 7) is 2.08. The first-order valence-corrected chi connectivity index (χ1v) is 9.23. The number of carbonyl (C=O) groups is 1. The second-order valence-electron chi connectivity index (χ2n) is 5.88. The van der Waals surface area contributed by atoms with Crippen LogP contribution in [0.2, 0.25) is 0 Å². The first-order chi connectivity index (χ1) is 12.8. The molecule has 9 heteroatoms. The fraction of sp³-hybridized carbons (Fsp3) is 0.294. The molecule has 1 aliphatic heterocycles. The maximum Gasteiger partial charge on any atom is 0.274 e. The van der Waals surface area contributed by atoms with Crippen molar-refractivity contribution in [3.05, 3.63) is 47.8 Å². The molecule has 0 bridgehead atoms. The van der Waals surface area contributed by atoms with Gasteiger partial charge in [-0.15, -0.1) is 11.3 Å². The number of thiazole rings is 1. The molecule has 8 nitrogen and oxygen atoms in total. The van der Waals surface area contributed by atoms with Gasteiger partial charge in [0.25, 0.3) is 5.91 Å². The second kappa shape index (κ2) is 7.52. The van der Waals surface area contributed by atoms with E-state index in [2.05, 4.69) is 30.2 Å². The maximum atomic E-state index is 12.4. The van der Waals surface area contributed by atoms with E-state index in [-0.39, 0.29) is 5.91 Å². The highest BCUT2D eigenvalue weighted by Crippen LogP contribution is 2.21. The van der Waals surface area contributed by atoms with Gasteiger partial charge < -0.3 is 10.2 Å². The van der Waals surface area contributed by atoms with Gasteiger partial charge in [0.2, 0.25) is 0 Å². The van der Waals surface area contributed by atoms with E-state index >= 15 is 0 Å². The Morgan fingerprint density at radius 1 is 1.12 bits per heavy atom. The van der Waals surface area contributed by atoms with Crippen LogP contribution in [0.15, 0.2) is 36.4 Å². The van der Waals surface area contributed by atoms with Gasteiger partial charge in [-0.25, -0.2) is 9.97 Å². The van der Waals surface area contributed by atoms with E-state index in [0.717, 1.165) is 42.3 Å². The average molecular weight is 367 g/mol. The number of amides is 1. The van der Waals surface area contributed by atoms with Gasteiger partial charge in [0.1, 0.15) is 22.2 Å². The average Bonchev–Trinajstić information content (AvgIpc) is 3.39. The number of nitrogens with one attached hydrogen (secondary N) is 1. The number of aromatic nitrogens is 5. The zero-order valence-corrected chi connectivity index (χ0v) is 14.8. The summed E-state index contributed by atoms with van der Waals surface area (Å²) >= 11 is 1.51. The van der Waals surface area contributed by atoms with Crippen molar-refractivity contribution in [2.24, 2.45) is 0 Å². The van der Waals surface area contributed by atoms with Crippen LogP contribution in [0.3, 0.4) is 0 Å². The fourth-order valence-electron chi connectivity index (χ4n) is 2.73. The number of hydrogen-bond donors (Lipinski definition) is 1. The molecule has 1 fully saturated rings. The fourth-order valence-corrected chi connectivity index (χ4v) is 3.51. The third-order valence-corrected chi connectivity index (χ3v) is 4.95. The van der Waals surface area contributed by atoms with E-state index in [4.69, 9.17) is 0 Å². The smallest absolute Gasteiger partial charge is 0.274 e. The van der Waals surface area contributed by atoms with Gasteiger partial charge >= 0.3 is 0 Å². The zero-order chi connectivity index (χ0) is 17.8. The summed E-state index contributed by atoms with van der Waals surface area (Å²) in [7, 11) is 0. The lowest BCUT2D eigenvalue weighted by Crippen LogP contribution is -2.28. The minimum atomic E-state index is -0.0581. The highest BCUT2D eigenvalue weighted by Gasteiger charge is 2.21. The standard InChI is InChI=1S/C17H17N7OS/c25-17(24-5-1-2-6-24)14-9-19-10-15(23-14)21-7-12-11-26-16(22-12)13-8-18-3-4-20-13/h3-4,8-11H,1-2,5-7H2,(H,21,23). The molecule has 0 aromatic carbocycles. The number of nitrogens with zero attached hydrogens (tertiary/aromatic N) is 6. The van der Waals surface area contributed by atoms with E-state index < -0.39 is 0 Å². The summed E-state index contributed by atoms with van der Waals surface area (Å²) in [4.78, 5) is 35.6. The van der Waals surface area contributed by atoms with E-state index in [1.807, 2.05) is 10.3 Å². The van der Waals surface area contributed by atoms with Crippen LogP contribution < -0.4 is 5.32 Å². The highest BCUT2D eigenvalue weighted by atomic mass is 32.1. The molecule has 0 saturated carbocycles. The molecule has 0 spiro atoms. The van der Waals surface area contributed by atoms with Crippen LogP contribution in [0.5, 0.6) is 0 Å². The van der Waals surface area contributed by atoms with Crippen molar-refractivity contribution in [3.8, 4) is 10.7 Å². The summed E-state index contributed by atoms with van der Waals surface area (Å²) in [5.41, 5.74) is 1.99. The number of hydrogen-bond acceptors (Lipinski definition) is 8. The van der Waals surface area contributed by atoms with Crippen molar-refractivity contribution in [2.75, 3.05) is 18.4 Å². The topological polar surface area (TPSA) is 96.8 Å². The van der Waals surface area contributed by atoms with Crippen LogP contribution in [0.25, 0.3) is 10.7 Å². The molecule has 1 N–H and O–H groups in total. The molecule has 132 valence electrons. The Bertz CT molecular complexity index is 893. The predicted molar refractivity (Wildman–Crippen MR) is 97.6 cm³/mol. The summed E-state index contributed by atoms with van der Waals surface area (Å²) in [5, 5.41) is 5.96. The van der Waals surface area contributed by atoms with Crippen LogP contribution in [0.1, 0.15) is 29.0 Å². The van der Waals surface area contributed by atoms with Crippen LogP contribution in [-0.2, 0) is 6.54 Å². The van der Waals surface area contributed by atoms with E-state index in [1.54, 1.807) is 24.8 Å². The Labute approximate surface area is 154 Å². The monoisotopic (exact) mass is 367 g/mol. The molecular formula is C17H17N7OS. The van der Waals surface area contributed by atoms with Gasteiger partial charge in [0, 0.05) is 30.9 Å². The van der Waals surface area contributed by atoms with Gasteiger partial charge in [-0.05, 0) is 12.8 Å². The summed E-state index contributed by atoms with van der Waals surface area (Å²) in [5.74, 6) is 0.501. The minimum absolute atomic E-state index is 0.0581. The predicted octanol–water partition coefficient (Wildman–Crippen LogP) is 2.24. The van der Waals surface area contributed by atoms with Gasteiger partial charge in [0.05, 0.1) is 30.8 Å². The molecule has 0 atom stereocenters. The summed E-state index contributed by atoms with van der Waals surface area (Å²) in [6.07, 6.45) is 10.2. The Morgan fingerprint density at radius 2 is 2.00 bits per heavy atom. The van der Waals surface area contributed by atoms with Gasteiger partial charge in [-0.2, -0.15) is 0 Å². The molecule has 0 radical (unpaired) electrons. The van der Waals surface area contributed by atoms with Crippen LogP contribution in [0, 0.1) is 0 Å². The molecule has 0 unspecified atom stereocenters.